The maximum Gasteiger partial charge on any atom is 0.241 e. The molecule has 0 unspecified atom stereocenters. The summed E-state index contributed by atoms with van der Waals surface area (Å²) in [6, 6.07) is 3.72. The van der Waals surface area contributed by atoms with E-state index in [2.05, 4.69) is 4.98 Å². The molecule has 0 radical (unpaired) electrons. The van der Waals surface area contributed by atoms with Crippen molar-refractivity contribution in [3.8, 4) is 0 Å². The van der Waals surface area contributed by atoms with E-state index in [-0.39, 0.29) is 5.91 Å². The molecule has 5 nitrogen and oxygen atoms in total. The molecule has 5 heteroatoms. The summed E-state index contributed by atoms with van der Waals surface area (Å²) in [7, 11) is 1.83. The number of likely N-dealkylation sites (N-methyl/N-ethyl adjacent to an activating group) is 1. The lowest BCUT2D eigenvalue weighted by atomic mass is 10.2. The van der Waals surface area contributed by atoms with Crippen LogP contribution in [0.3, 0.4) is 0 Å². The van der Waals surface area contributed by atoms with Crippen molar-refractivity contribution in [2.45, 2.75) is 19.4 Å². The predicted octanol–water partition coefficient (Wildman–Crippen LogP) is 0.803. The van der Waals surface area contributed by atoms with E-state index in [0.29, 0.717) is 6.54 Å². The normalized spacial score (nSPS) is 18.7. The van der Waals surface area contributed by atoms with Crippen molar-refractivity contribution < 1.29 is 9.90 Å². The molecule has 0 saturated carbocycles. The second-order valence-corrected chi connectivity index (χ2v) is 4.72. The second kappa shape index (κ2) is 5.35. The minimum Gasteiger partial charge on any atom is -0.389 e. The van der Waals surface area contributed by atoms with Crippen molar-refractivity contribution in [3.63, 3.8) is 0 Å². The van der Waals surface area contributed by atoms with Crippen LogP contribution >= 0.6 is 0 Å². The van der Waals surface area contributed by atoms with Crippen LogP contribution in [0.4, 0.5) is 5.82 Å². The number of nitrogens with zero attached hydrogens (tertiary/aromatic N) is 3. The SMILES string of the molecule is C[C@H](O)c1ccc(N2CCCN(C)C(=O)C2)nc1. The van der Waals surface area contributed by atoms with Crippen LogP contribution in [0.25, 0.3) is 0 Å². The van der Waals surface area contributed by atoms with Gasteiger partial charge in [0, 0.05) is 26.3 Å². The fraction of sp³-hybridized carbons (Fsp3) is 0.538. The van der Waals surface area contributed by atoms with E-state index >= 15 is 0 Å². The van der Waals surface area contributed by atoms with Crippen molar-refractivity contribution in [3.05, 3.63) is 23.9 Å². The zero-order valence-corrected chi connectivity index (χ0v) is 10.8. The number of hydrogen-bond acceptors (Lipinski definition) is 4. The van der Waals surface area contributed by atoms with Gasteiger partial charge in [0.15, 0.2) is 0 Å². The van der Waals surface area contributed by atoms with Crippen LogP contribution in [-0.4, -0.2) is 47.6 Å². The molecular formula is C13H19N3O2. The van der Waals surface area contributed by atoms with E-state index in [1.807, 2.05) is 24.1 Å². The first-order valence-corrected chi connectivity index (χ1v) is 6.21. The van der Waals surface area contributed by atoms with Gasteiger partial charge in [0.2, 0.25) is 5.91 Å². The molecule has 1 aromatic heterocycles. The van der Waals surface area contributed by atoms with Crippen molar-refractivity contribution in [2.24, 2.45) is 0 Å². The Morgan fingerprint density at radius 1 is 1.39 bits per heavy atom. The molecule has 1 atom stereocenters. The predicted molar refractivity (Wildman–Crippen MR) is 69.3 cm³/mol. The lowest BCUT2D eigenvalue weighted by Gasteiger charge is -2.21. The molecular weight excluding hydrogens is 230 g/mol. The van der Waals surface area contributed by atoms with E-state index in [1.54, 1.807) is 18.0 Å². The zero-order chi connectivity index (χ0) is 13.1. The first-order chi connectivity index (χ1) is 8.58. The number of hydrogen-bond donors (Lipinski definition) is 1. The van der Waals surface area contributed by atoms with Gasteiger partial charge in [-0.25, -0.2) is 4.98 Å². The number of anilines is 1. The highest BCUT2D eigenvalue weighted by Crippen LogP contribution is 2.17. The van der Waals surface area contributed by atoms with E-state index in [0.717, 1.165) is 30.9 Å². The van der Waals surface area contributed by atoms with E-state index in [9.17, 15) is 9.90 Å². The van der Waals surface area contributed by atoms with Gasteiger partial charge in [-0.05, 0) is 25.0 Å². The molecule has 1 saturated heterocycles. The van der Waals surface area contributed by atoms with E-state index < -0.39 is 6.10 Å². The molecule has 1 N–H and O–H groups in total. The average molecular weight is 249 g/mol. The van der Waals surface area contributed by atoms with E-state index in [4.69, 9.17) is 0 Å². The third-order valence-electron chi connectivity index (χ3n) is 3.25. The largest absolute Gasteiger partial charge is 0.389 e. The fourth-order valence-electron chi connectivity index (χ4n) is 2.01. The van der Waals surface area contributed by atoms with Gasteiger partial charge in [-0.15, -0.1) is 0 Å². The molecule has 0 aromatic carbocycles. The molecule has 0 bridgehead atoms. The van der Waals surface area contributed by atoms with Crippen molar-refractivity contribution in [2.75, 3.05) is 31.6 Å². The Labute approximate surface area is 107 Å². The van der Waals surface area contributed by atoms with Crippen LogP contribution in [-0.2, 0) is 4.79 Å². The van der Waals surface area contributed by atoms with Gasteiger partial charge in [0.25, 0.3) is 0 Å². The first kappa shape index (κ1) is 12.8. The number of aliphatic hydroxyl groups excluding tert-OH is 1. The minimum absolute atomic E-state index is 0.119. The molecule has 1 aliphatic heterocycles. The van der Waals surface area contributed by atoms with Crippen LogP contribution in [0.1, 0.15) is 25.0 Å². The van der Waals surface area contributed by atoms with Crippen molar-refractivity contribution >= 4 is 11.7 Å². The quantitative estimate of drug-likeness (QED) is 0.842. The Morgan fingerprint density at radius 2 is 2.17 bits per heavy atom. The van der Waals surface area contributed by atoms with Crippen molar-refractivity contribution in [1.29, 1.82) is 0 Å². The molecule has 2 heterocycles. The van der Waals surface area contributed by atoms with Gasteiger partial charge in [0.05, 0.1) is 12.6 Å². The number of carbonyl (C=O) groups is 1. The highest BCUT2D eigenvalue weighted by atomic mass is 16.3. The Bertz CT molecular complexity index is 417. The third-order valence-corrected chi connectivity index (χ3v) is 3.25. The van der Waals surface area contributed by atoms with Crippen LogP contribution in [0, 0.1) is 0 Å². The zero-order valence-electron chi connectivity index (χ0n) is 10.8. The lowest BCUT2D eigenvalue weighted by molar-refractivity contribution is -0.127. The number of amides is 1. The van der Waals surface area contributed by atoms with Gasteiger partial charge in [0.1, 0.15) is 5.82 Å². The molecule has 0 spiro atoms. The summed E-state index contributed by atoms with van der Waals surface area (Å²) in [5, 5.41) is 9.43. The van der Waals surface area contributed by atoms with Gasteiger partial charge in [-0.1, -0.05) is 6.07 Å². The lowest BCUT2D eigenvalue weighted by Crippen LogP contribution is -2.34. The number of pyridine rings is 1. The summed E-state index contributed by atoms with van der Waals surface area (Å²) in [4.78, 5) is 19.8. The van der Waals surface area contributed by atoms with Gasteiger partial charge < -0.3 is 14.9 Å². The second-order valence-electron chi connectivity index (χ2n) is 4.72. The number of carbonyl (C=O) groups excluding carboxylic acids is 1. The fourth-order valence-corrected chi connectivity index (χ4v) is 2.01. The van der Waals surface area contributed by atoms with Crippen LogP contribution in [0.15, 0.2) is 18.3 Å². The highest BCUT2D eigenvalue weighted by molar-refractivity contribution is 5.81. The van der Waals surface area contributed by atoms with Gasteiger partial charge in [-0.2, -0.15) is 0 Å². The third kappa shape index (κ3) is 2.79. The molecule has 1 fully saturated rings. The summed E-state index contributed by atoms with van der Waals surface area (Å²) in [5.41, 5.74) is 0.789. The Kier molecular flexibility index (Phi) is 3.81. The molecule has 0 aliphatic carbocycles. The average Bonchev–Trinajstić information content (AvgIpc) is 2.52. The van der Waals surface area contributed by atoms with Gasteiger partial charge >= 0.3 is 0 Å². The van der Waals surface area contributed by atoms with Crippen LogP contribution < -0.4 is 4.90 Å². The highest BCUT2D eigenvalue weighted by Gasteiger charge is 2.19. The van der Waals surface area contributed by atoms with E-state index in [1.165, 1.54) is 0 Å². The first-order valence-electron chi connectivity index (χ1n) is 6.21. The molecule has 18 heavy (non-hydrogen) atoms. The standard InChI is InChI=1S/C13H19N3O2/c1-10(17)11-4-5-12(14-8-11)16-7-3-6-15(2)13(18)9-16/h4-5,8,10,17H,3,6-7,9H2,1-2H3/t10-/m0/s1. The maximum atomic E-state index is 11.8. The number of aliphatic hydroxyl groups is 1. The molecule has 98 valence electrons. The summed E-state index contributed by atoms with van der Waals surface area (Å²) in [6.45, 7) is 3.71. The monoisotopic (exact) mass is 249 g/mol. The van der Waals surface area contributed by atoms with Crippen molar-refractivity contribution in [1.82, 2.24) is 9.88 Å². The number of rotatable bonds is 2. The minimum atomic E-state index is -0.511. The van der Waals surface area contributed by atoms with Gasteiger partial charge in [-0.3, -0.25) is 4.79 Å². The summed E-state index contributed by atoms with van der Waals surface area (Å²) in [5.74, 6) is 0.914. The molecule has 1 aliphatic rings. The summed E-state index contributed by atoms with van der Waals surface area (Å²) in [6.07, 6.45) is 2.10. The smallest absolute Gasteiger partial charge is 0.241 e. The maximum absolute atomic E-state index is 11.8. The Hall–Kier alpha value is -1.62. The Morgan fingerprint density at radius 3 is 2.78 bits per heavy atom. The Balaban J connectivity index is 2.13. The molecule has 2 rings (SSSR count). The number of aromatic nitrogens is 1. The topological polar surface area (TPSA) is 56.7 Å². The summed E-state index contributed by atoms with van der Waals surface area (Å²) >= 11 is 0. The van der Waals surface area contributed by atoms with Crippen LogP contribution in [0.2, 0.25) is 0 Å². The van der Waals surface area contributed by atoms with Crippen LogP contribution in [0.5, 0.6) is 0 Å². The summed E-state index contributed by atoms with van der Waals surface area (Å²) < 4.78 is 0. The molecule has 1 aromatic rings. The molecule has 1 amide bonds.